The van der Waals surface area contributed by atoms with E-state index in [-0.39, 0.29) is 0 Å². The van der Waals surface area contributed by atoms with Crippen molar-refractivity contribution in [3.8, 4) is 11.5 Å². The average molecular weight is 298 g/mol. The Balaban J connectivity index is 2.58. The van der Waals surface area contributed by atoms with Gasteiger partial charge in [-0.2, -0.15) is 4.99 Å². The Morgan fingerprint density at radius 2 is 1.57 bits per heavy atom. The molecule has 0 radical (unpaired) electrons. The third-order valence-electron chi connectivity index (χ3n) is 2.81. The number of hydrogen-bond acceptors (Lipinski definition) is 4. The third-order valence-corrected chi connectivity index (χ3v) is 2.90. The SMILES string of the molecule is COc1ccccc1N=C(N=C=S)c1ccccc1OC. The third kappa shape index (κ3) is 3.54. The van der Waals surface area contributed by atoms with Gasteiger partial charge >= 0.3 is 0 Å². The summed E-state index contributed by atoms with van der Waals surface area (Å²) >= 11 is 4.72. The van der Waals surface area contributed by atoms with Gasteiger partial charge in [0, 0.05) is 0 Å². The van der Waals surface area contributed by atoms with Gasteiger partial charge in [-0.25, -0.2) is 4.99 Å². The van der Waals surface area contributed by atoms with Crippen LogP contribution in [0.3, 0.4) is 0 Å². The van der Waals surface area contributed by atoms with Crippen molar-refractivity contribution >= 4 is 28.9 Å². The zero-order valence-corrected chi connectivity index (χ0v) is 12.6. The summed E-state index contributed by atoms with van der Waals surface area (Å²) in [5, 5.41) is 2.36. The van der Waals surface area contributed by atoms with E-state index in [2.05, 4.69) is 15.1 Å². The first-order valence-corrected chi connectivity index (χ1v) is 6.64. The number of hydrogen-bond donors (Lipinski definition) is 0. The van der Waals surface area contributed by atoms with Gasteiger partial charge in [0.2, 0.25) is 0 Å². The first-order valence-electron chi connectivity index (χ1n) is 6.23. The maximum absolute atomic E-state index is 5.33. The lowest BCUT2D eigenvalue weighted by Crippen LogP contribution is -2.00. The van der Waals surface area contributed by atoms with Crippen molar-refractivity contribution in [2.45, 2.75) is 0 Å². The minimum atomic E-state index is 0.423. The molecule has 0 spiro atoms. The molecule has 0 atom stereocenters. The Morgan fingerprint density at radius 1 is 0.952 bits per heavy atom. The van der Waals surface area contributed by atoms with Crippen molar-refractivity contribution in [1.29, 1.82) is 0 Å². The van der Waals surface area contributed by atoms with Gasteiger partial charge < -0.3 is 9.47 Å². The van der Waals surface area contributed by atoms with Gasteiger partial charge in [-0.05, 0) is 36.5 Å². The molecule has 106 valence electrons. The molecule has 0 aliphatic heterocycles. The number of methoxy groups -OCH3 is 2. The molecular formula is C16H14N2O2S. The number of amidine groups is 1. The molecule has 0 saturated carbocycles. The van der Waals surface area contributed by atoms with Gasteiger partial charge in [0.15, 0.2) is 5.84 Å². The Kier molecular flexibility index (Phi) is 5.21. The molecule has 0 saturated heterocycles. The minimum Gasteiger partial charge on any atom is -0.496 e. The molecule has 0 unspecified atom stereocenters. The second-order valence-electron chi connectivity index (χ2n) is 4.01. The quantitative estimate of drug-likeness (QED) is 0.488. The van der Waals surface area contributed by atoms with Crippen LogP contribution in [0, 0.1) is 0 Å². The highest BCUT2D eigenvalue weighted by atomic mass is 32.1. The Labute approximate surface area is 128 Å². The lowest BCUT2D eigenvalue weighted by Gasteiger charge is -2.08. The fraction of sp³-hybridized carbons (Fsp3) is 0.125. The number of rotatable bonds is 4. The second-order valence-corrected chi connectivity index (χ2v) is 4.19. The van der Waals surface area contributed by atoms with Crippen molar-refractivity contribution in [1.82, 2.24) is 0 Å². The fourth-order valence-electron chi connectivity index (χ4n) is 1.85. The zero-order chi connectivity index (χ0) is 15.1. The highest BCUT2D eigenvalue weighted by molar-refractivity contribution is 7.78. The van der Waals surface area contributed by atoms with E-state index in [0.29, 0.717) is 23.0 Å². The van der Waals surface area contributed by atoms with Crippen molar-refractivity contribution in [2.24, 2.45) is 9.98 Å². The summed E-state index contributed by atoms with van der Waals surface area (Å²) in [6.45, 7) is 0. The fourth-order valence-corrected chi connectivity index (χ4v) is 1.94. The van der Waals surface area contributed by atoms with Crippen LogP contribution in [0.1, 0.15) is 5.56 Å². The van der Waals surface area contributed by atoms with Gasteiger partial charge in [-0.3, -0.25) is 0 Å². The van der Waals surface area contributed by atoms with Gasteiger partial charge in [-0.1, -0.05) is 24.3 Å². The molecule has 5 heteroatoms. The van der Waals surface area contributed by atoms with Crippen molar-refractivity contribution in [3.05, 3.63) is 54.1 Å². The number of benzene rings is 2. The topological polar surface area (TPSA) is 43.2 Å². The number of nitrogens with zero attached hydrogens (tertiary/aromatic N) is 2. The number of ether oxygens (including phenoxy) is 2. The van der Waals surface area contributed by atoms with Crippen molar-refractivity contribution in [3.63, 3.8) is 0 Å². The van der Waals surface area contributed by atoms with E-state index in [4.69, 9.17) is 21.7 Å². The number of isothiocyanates is 1. The number of thiocarbonyl (C=S) groups is 1. The molecule has 2 rings (SSSR count). The van der Waals surface area contributed by atoms with Crippen LogP contribution < -0.4 is 9.47 Å². The van der Waals surface area contributed by atoms with E-state index in [1.54, 1.807) is 14.2 Å². The van der Waals surface area contributed by atoms with Crippen molar-refractivity contribution < 1.29 is 9.47 Å². The molecular weight excluding hydrogens is 284 g/mol. The van der Waals surface area contributed by atoms with Gasteiger partial charge in [0.25, 0.3) is 0 Å². The molecule has 0 amide bonds. The summed E-state index contributed by atoms with van der Waals surface area (Å²) in [6.07, 6.45) is 0. The smallest absolute Gasteiger partial charge is 0.174 e. The largest absolute Gasteiger partial charge is 0.496 e. The zero-order valence-electron chi connectivity index (χ0n) is 11.7. The van der Waals surface area contributed by atoms with E-state index in [1.165, 1.54) is 0 Å². The molecule has 0 heterocycles. The second kappa shape index (κ2) is 7.33. The Hall–Kier alpha value is -2.49. The molecule has 2 aromatic carbocycles. The summed E-state index contributed by atoms with van der Waals surface area (Å²) in [7, 11) is 3.19. The van der Waals surface area contributed by atoms with Crippen LogP contribution in [0.25, 0.3) is 0 Å². The van der Waals surface area contributed by atoms with Crippen molar-refractivity contribution in [2.75, 3.05) is 14.2 Å². The predicted octanol–water partition coefficient (Wildman–Crippen LogP) is 3.88. The lowest BCUT2D eigenvalue weighted by molar-refractivity contribution is 0.413. The standard InChI is InChI=1S/C16H14N2O2S/c1-19-14-9-5-3-7-12(14)16(17-11-21)18-13-8-4-6-10-15(13)20-2/h3-10H,1-2H3. The van der Waals surface area contributed by atoms with E-state index in [0.717, 1.165) is 5.56 Å². The average Bonchev–Trinajstić information content (AvgIpc) is 2.55. The van der Waals surface area contributed by atoms with Crippen LogP contribution in [0.4, 0.5) is 5.69 Å². The molecule has 0 aliphatic rings. The normalized spacial score (nSPS) is 10.7. The highest BCUT2D eigenvalue weighted by Crippen LogP contribution is 2.28. The Morgan fingerprint density at radius 3 is 2.24 bits per heavy atom. The molecule has 2 aromatic rings. The van der Waals surface area contributed by atoms with Crippen LogP contribution in [0.2, 0.25) is 0 Å². The first kappa shape index (κ1) is 14.9. The minimum absolute atomic E-state index is 0.423. The molecule has 4 nitrogen and oxygen atoms in total. The number of para-hydroxylation sites is 3. The monoisotopic (exact) mass is 298 g/mol. The van der Waals surface area contributed by atoms with Gasteiger partial charge in [0.1, 0.15) is 17.2 Å². The molecule has 0 bridgehead atoms. The molecule has 21 heavy (non-hydrogen) atoms. The van der Waals surface area contributed by atoms with Crippen LogP contribution in [0.15, 0.2) is 58.5 Å². The maximum Gasteiger partial charge on any atom is 0.174 e. The number of aliphatic imine (C=N–C) groups is 2. The van der Waals surface area contributed by atoms with E-state index >= 15 is 0 Å². The van der Waals surface area contributed by atoms with E-state index in [1.807, 2.05) is 48.5 Å². The summed E-state index contributed by atoms with van der Waals surface area (Å²) in [4.78, 5) is 8.57. The molecule has 0 fully saturated rings. The van der Waals surface area contributed by atoms with Crippen LogP contribution in [-0.4, -0.2) is 25.2 Å². The Bertz CT molecular complexity index is 707. The summed E-state index contributed by atoms with van der Waals surface area (Å²) < 4.78 is 10.6. The maximum atomic E-state index is 5.33. The van der Waals surface area contributed by atoms with Gasteiger partial charge in [-0.15, -0.1) is 0 Å². The lowest BCUT2D eigenvalue weighted by atomic mass is 10.2. The van der Waals surface area contributed by atoms with Crippen LogP contribution in [-0.2, 0) is 0 Å². The van der Waals surface area contributed by atoms with Crippen LogP contribution in [0.5, 0.6) is 11.5 Å². The van der Waals surface area contributed by atoms with Gasteiger partial charge in [0.05, 0.1) is 24.9 Å². The summed E-state index contributed by atoms with van der Waals surface area (Å²) in [6, 6.07) is 14.9. The van der Waals surface area contributed by atoms with Crippen LogP contribution >= 0.6 is 12.2 Å². The van der Waals surface area contributed by atoms with E-state index in [9.17, 15) is 0 Å². The molecule has 0 N–H and O–H groups in total. The highest BCUT2D eigenvalue weighted by Gasteiger charge is 2.10. The summed E-state index contributed by atoms with van der Waals surface area (Å²) in [5.74, 6) is 1.75. The summed E-state index contributed by atoms with van der Waals surface area (Å²) in [5.41, 5.74) is 1.40. The van der Waals surface area contributed by atoms with E-state index < -0.39 is 0 Å². The predicted molar refractivity (Wildman–Crippen MR) is 87.2 cm³/mol. The molecule has 0 aromatic heterocycles. The molecule has 0 aliphatic carbocycles. The first-order chi connectivity index (χ1) is 10.3.